The summed E-state index contributed by atoms with van der Waals surface area (Å²) >= 11 is 1.60. The van der Waals surface area contributed by atoms with Crippen molar-refractivity contribution < 1.29 is 4.79 Å². The number of thiazole rings is 1. The summed E-state index contributed by atoms with van der Waals surface area (Å²) in [4.78, 5) is 22.2. The zero-order valence-electron chi connectivity index (χ0n) is 14.2. The number of nitrogens with one attached hydrogen (secondary N) is 1. The van der Waals surface area contributed by atoms with Crippen molar-refractivity contribution in [3.8, 4) is 11.3 Å². The standard InChI is InChI=1S/C19H22N4OS/c1-14-22-18(13-25-14)16-11-17(21-12-16)19(24)23(10-8-20)9-7-15-5-3-2-4-6-15/h2-6,11-13,21H,7-10,20H2,1H3. The molecule has 0 radical (unpaired) electrons. The average Bonchev–Trinajstić information content (AvgIpc) is 3.28. The van der Waals surface area contributed by atoms with Crippen LogP contribution in [-0.4, -0.2) is 40.4 Å². The molecule has 3 rings (SSSR count). The van der Waals surface area contributed by atoms with Gasteiger partial charge in [-0.2, -0.15) is 0 Å². The third kappa shape index (κ3) is 4.35. The van der Waals surface area contributed by atoms with Crippen LogP contribution in [0.5, 0.6) is 0 Å². The Bertz CT molecular complexity index is 825. The lowest BCUT2D eigenvalue weighted by Crippen LogP contribution is -2.37. The van der Waals surface area contributed by atoms with E-state index < -0.39 is 0 Å². The fourth-order valence-corrected chi connectivity index (χ4v) is 3.33. The van der Waals surface area contributed by atoms with E-state index in [0.29, 0.717) is 25.3 Å². The summed E-state index contributed by atoms with van der Waals surface area (Å²) in [5.74, 6) is -0.0282. The Kier molecular flexibility index (Phi) is 5.63. The first-order chi connectivity index (χ1) is 12.2. The number of aromatic nitrogens is 2. The quantitative estimate of drug-likeness (QED) is 0.685. The summed E-state index contributed by atoms with van der Waals surface area (Å²) < 4.78 is 0. The lowest BCUT2D eigenvalue weighted by atomic mass is 10.1. The van der Waals surface area contributed by atoms with Crippen molar-refractivity contribution >= 4 is 17.2 Å². The minimum atomic E-state index is -0.0282. The van der Waals surface area contributed by atoms with Gasteiger partial charge >= 0.3 is 0 Å². The van der Waals surface area contributed by atoms with Crippen LogP contribution in [0.25, 0.3) is 11.3 Å². The minimum Gasteiger partial charge on any atom is -0.357 e. The minimum absolute atomic E-state index is 0.0282. The molecule has 0 aliphatic rings. The molecule has 0 saturated heterocycles. The predicted octanol–water partition coefficient (Wildman–Crippen LogP) is 3.09. The Morgan fingerprint density at radius 3 is 2.76 bits per heavy atom. The van der Waals surface area contributed by atoms with E-state index in [2.05, 4.69) is 22.1 Å². The number of H-pyrrole nitrogens is 1. The molecule has 0 bridgehead atoms. The molecule has 0 spiro atoms. The van der Waals surface area contributed by atoms with E-state index in [9.17, 15) is 4.79 Å². The van der Waals surface area contributed by atoms with Crippen LogP contribution >= 0.6 is 11.3 Å². The smallest absolute Gasteiger partial charge is 0.270 e. The number of nitrogens with two attached hydrogens (primary N) is 1. The third-order valence-electron chi connectivity index (χ3n) is 4.03. The van der Waals surface area contributed by atoms with Crippen molar-refractivity contribution in [2.75, 3.05) is 19.6 Å². The van der Waals surface area contributed by atoms with E-state index in [4.69, 9.17) is 5.73 Å². The van der Waals surface area contributed by atoms with Crippen molar-refractivity contribution in [3.63, 3.8) is 0 Å². The number of benzene rings is 1. The highest BCUT2D eigenvalue weighted by Gasteiger charge is 2.17. The second-order valence-electron chi connectivity index (χ2n) is 5.87. The molecule has 0 atom stereocenters. The lowest BCUT2D eigenvalue weighted by Gasteiger charge is -2.21. The molecule has 130 valence electrons. The molecular formula is C19H22N4OS. The molecule has 6 heteroatoms. The van der Waals surface area contributed by atoms with Gasteiger partial charge in [0.15, 0.2) is 0 Å². The van der Waals surface area contributed by atoms with E-state index in [0.717, 1.165) is 22.7 Å². The molecule has 0 aliphatic carbocycles. The lowest BCUT2D eigenvalue weighted by molar-refractivity contribution is 0.0757. The average molecular weight is 354 g/mol. The van der Waals surface area contributed by atoms with Gasteiger partial charge in [-0.3, -0.25) is 4.79 Å². The van der Waals surface area contributed by atoms with Crippen molar-refractivity contribution in [1.29, 1.82) is 0 Å². The van der Waals surface area contributed by atoms with E-state index in [-0.39, 0.29) is 5.91 Å². The molecule has 3 N–H and O–H groups in total. The number of amides is 1. The zero-order valence-corrected chi connectivity index (χ0v) is 15.1. The molecule has 2 heterocycles. The van der Waals surface area contributed by atoms with Gasteiger partial charge < -0.3 is 15.6 Å². The van der Waals surface area contributed by atoms with Gasteiger partial charge in [-0.05, 0) is 25.0 Å². The van der Waals surface area contributed by atoms with Gasteiger partial charge in [-0.15, -0.1) is 11.3 Å². The Morgan fingerprint density at radius 1 is 1.28 bits per heavy atom. The first-order valence-corrected chi connectivity index (χ1v) is 9.19. The second kappa shape index (κ2) is 8.09. The summed E-state index contributed by atoms with van der Waals surface area (Å²) in [6.45, 7) is 3.60. The van der Waals surface area contributed by atoms with Crippen LogP contribution in [0.1, 0.15) is 21.1 Å². The molecule has 5 nitrogen and oxygen atoms in total. The number of carbonyl (C=O) groups excluding carboxylic acids is 1. The molecule has 1 amide bonds. The summed E-state index contributed by atoms with van der Waals surface area (Å²) in [5, 5.41) is 3.01. The molecule has 0 fully saturated rings. The molecule has 3 aromatic rings. The molecule has 25 heavy (non-hydrogen) atoms. The van der Waals surface area contributed by atoms with E-state index in [1.165, 1.54) is 5.56 Å². The Morgan fingerprint density at radius 2 is 2.08 bits per heavy atom. The molecule has 0 aliphatic heterocycles. The van der Waals surface area contributed by atoms with Crippen LogP contribution in [0.2, 0.25) is 0 Å². The van der Waals surface area contributed by atoms with Gasteiger partial charge in [0, 0.05) is 36.8 Å². The van der Waals surface area contributed by atoms with Crippen LogP contribution in [0.4, 0.5) is 0 Å². The van der Waals surface area contributed by atoms with Crippen LogP contribution in [0.15, 0.2) is 48.0 Å². The first-order valence-electron chi connectivity index (χ1n) is 8.31. The van der Waals surface area contributed by atoms with Crippen molar-refractivity contribution in [3.05, 3.63) is 64.2 Å². The molecule has 0 saturated carbocycles. The van der Waals surface area contributed by atoms with Crippen LogP contribution in [-0.2, 0) is 6.42 Å². The predicted molar refractivity (Wildman–Crippen MR) is 102 cm³/mol. The zero-order chi connectivity index (χ0) is 17.6. The third-order valence-corrected chi connectivity index (χ3v) is 4.80. The number of aromatic amines is 1. The summed E-state index contributed by atoms with van der Waals surface area (Å²) in [6.07, 6.45) is 2.64. The first kappa shape index (κ1) is 17.4. The van der Waals surface area contributed by atoms with Gasteiger partial charge in [-0.1, -0.05) is 30.3 Å². The van der Waals surface area contributed by atoms with Crippen LogP contribution in [0.3, 0.4) is 0 Å². The summed E-state index contributed by atoms with van der Waals surface area (Å²) in [7, 11) is 0. The highest BCUT2D eigenvalue weighted by atomic mass is 32.1. The second-order valence-corrected chi connectivity index (χ2v) is 6.93. The van der Waals surface area contributed by atoms with Gasteiger partial charge in [0.05, 0.1) is 10.7 Å². The molecule has 2 aromatic heterocycles. The number of carbonyl (C=O) groups is 1. The number of hydrogen-bond donors (Lipinski definition) is 2. The normalized spacial score (nSPS) is 10.8. The summed E-state index contributed by atoms with van der Waals surface area (Å²) in [6, 6.07) is 12.0. The number of hydrogen-bond acceptors (Lipinski definition) is 4. The number of nitrogens with zero attached hydrogens (tertiary/aromatic N) is 2. The van der Waals surface area contributed by atoms with Crippen LogP contribution < -0.4 is 5.73 Å². The Balaban J connectivity index is 1.71. The maximum Gasteiger partial charge on any atom is 0.270 e. The molecule has 1 aromatic carbocycles. The van der Waals surface area contributed by atoms with Crippen molar-refractivity contribution in [1.82, 2.24) is 14.9 Å². The fraction of sp³-hybridized carbons (Fsp3) is 0.263. The largest absolute Gasteiger partial charge is 0.357 e. The fourth-order valence-electron chi connectivity index (χ4n) is 2.71. The van der Waals surface area contributed by atoms with Gasteiger partial charge in [-0.25, -0.2) is 4.98 Å². The number of aryl methyl sites for hydroxylation is 1. The number of rotatable bonds is 7. The van der Waals surface area contributed by atoms with Gasteiger partial charge in [0.25, 0.3) is 5.91 Å². The molecule has 0 unspecified atom stereocenters. The SMILES string of the molecule is Cc1nc(-c2c[nH]c(C(=O)N(CCN)CCc3ccccc3)c2)cs1. The summed E-state index contributed by atoms with van der Waals surface area (Å²) in [5.41, 5.74) is 9.31. The van der Waals surface area contributed by atoms with E-state index in [1.807, 2.05) is 42.8 Å². The van der Waals surface area contributed by atoms with Gasteiger partial charge in [0.2, 0.25) is 0 Å². The highest BCUT2D eigenvalue weighted by Crippen LogP contribution is 2.22. The molecular weight excluding hydrogens is 332 g/mol. The van der Waals surface area contributed by atoms with E-state index in [1.54, 1.807) is 16.2 Å². The topological polar surface area (TPSA) is 75.0 Å². The van der Waals surface area contributed by atoms with Gasteiger partial charge in [0.1, 0.15) is 5.69 Å². The van der Waals surface area contributed by atoms with Crippen molar-refractivity contribution in [2.45, 2.75) is 13.3 Å². The Labute approximate surface area is 151 Å². The monoisotopic (exact) mass is 354 g/mol. The maximum atomic E-state index is 12.8. The highest BCUT2D eigenvalue weighted by molar-refractivity contribution is 7.09. The Hall–Kier alpha value is -2.44. The maximum absolute atomic E-state index is 12.8. The van der Waals surface area contributed by atoms with Crippen LogP contribution in [0, 0.1) is 6.92 Å². The van der Waals surface area contributed by atoms with Crippen molar-refractivity contribution in [2.24, 2.45) is 5.73 Å². The van der Waals surface area contributed by atoms with E-state index >= 15 is 0 Å².